The van der Waals surface area contributed by atoms with Gasteiger partial charge < -0.3 is 19.3 Å². The van der Waals surface area contributed by atoms with Crippen LogP contribution in [0.3, 0.4) is 0 Å². The van der Waals surface area contributed by atoms with Crippen LogP contribution in [-0.4, -0.2) is 25.9 Å². The molecule has 0 saturated carbocycles. The van der Waals surface area contributed by atoms with Crippen LogP contribution >= 0.6 is 0 Å². The first-order chi connectivity index (χ1) is 10.2. The minimum Gasteiger partial charge on any atom is -0.497 e. The zero-order chi connectivity index (χ0) is 15.2. The van der Waals surface area contributed by atoms with Gasteiger partial charge in [-0.15, -0.1) is 0 Å². The molecule has 21 heavy (non-hydrogen) atoms. The Hall–Kier alpha value is -2.20. The first-order valence-corrected chi connectivity index (χ1v) is 6.82. The van der Waals surface area contributed by atoms with E-state index in [1.165, 1.54) is 0 Å². The second-order valence-corrected chi connectivity index (χ2v) is 4.52. The van der Waals surface area contributed by atoms with Crippen LogP contribution in [0.25, 0.3) is 0 Å². The maximum absolute atomic E-state index is 10.5. The molecule has 0 aliphatic heterocycles. The van der Waals surface area contributed by atoms with Crippen molar-refractivity contribution in [2.24, 2.45) is 0 Å². The number of ether oxygens (including phenoxy) is 3. The lowest BCUT2D eigenvalue weighted by molar-refractivity contribution is 0.218. The van der Waals surface area contributed by atoms with E-state index in [1.54, 1.807) is 26.4 Å². The largest absolute Gasteiger partial charge is 0.497 e. The van der Waals surface area contributed by atoms with Crippen molar-refractivity contribution in [1.29, 1.82) is 0 Å². The van der Waals surface area contributed by atoms with Gasteiger partial charge in [0.25, 0.3) is 0 Å². The summed E-state index contributed by atoms with van der Waals surface area (Å²) < 4.78 is 16.0. The lowest BCUT2D eigenvalue weighted by Crippen LogP contribution is -2.02. The van der Waals surface area contributed by atoms with Gasteiger partial charge in [-0.2, -0.15) is 0 Å². The molecule has 0 fully saturated rings. The van der Waals surface area contributed by atoms with Crippen molar-refractivity contribution in [2.45, 2.75) is 13.0 Å². The van der Waals surface area contributed by atoms with E-state index in [0.717, 1.165) is 11.1 Å². The van der Waals surface area contributed by atoms with Gasteiger partial charge >= 0.3 is 0 Å². The van der Waals surface area contributed by atoms with Gasteiger partial charge in [0, 0.05) is 0 Å². The topological polar surface area (TPSA) is 47.9 Å². The molecule has 0 radical (unpaired) electrons. The summed E-state index contributed by atoms with van der Waals surface area (Å²) in [5, 5.41) is 10.5. The summed E-state index contributed by atoms with van der Waals surface area (Å²) in [6.07, 6.45) is -0.745. The highest BCUT2D eigenvalue weighted by atomic mass is 16.5. The average Bonchev–Trinajstić information content (AvgIpc) is 2.54. The Morgan fingerprint density at radius 1 is 0.952 bits per heavy atom. The number of aliphatic hydroxyl groups is 1. The Bertz CT molecular complexity index is 595. The molecule has 112 valence electrons. The van der Waals surface area contributed by atoms with E-state index in [-0.39, 0.29) is 0 Å². The van der Waals surface area contributed by atoms with Crippen LogP contribution in [0.1, 0.15) is 24.2 Å². The minimum atomic E-state index is -0.745. The molecule has 1 atom stereocenters. The Kier molecular flexibility index (Phi) is 5.06. The van der Waals surface area contributed by atoms with Crippen molar-refractivity contribution >= 4 is 0 Å². The molecule has 2 aromatic rings. The first-order valence-electron chi connectivity index (χ1n) is 6.82. The summed E-state index contributed by atoms with van der Waals surface area (Å²) >= 11 is 0. The summed E-state index contributed by atoms with van der Waals surface area (Å²) in [6, 6.07) is 12.8. The second kappa shape index (κ2) is 6.99. The first kappa shape index (κ1) is 15.2. The minimum absolute atomic E-state index is 0.537. The van der Waals surface area contributed by atoms with E-state index in [1.807, 2.05) is 37.3 Å². The molecule has 0 unspecified atom stereocenters. The fourth-order valence-corrected chi connectivity index (χ4v) is 2.14. The summed E-state index contributed by atoms with van der Waals surface area (Å²) in [7, 11) is 3.20. The Balaban J connectivity index is 2.33. The van der Waals surface area contributed by atoms with Crippen LogP contribution in [0.5, 0.6) is 17.2 Å². The predicted octanol–water partition coefficient (Wildman–Crippen LogP) is 3.18. The molecule has 0 heterocycles. The van der Waals surface area contributed by atoms with Gasteiger partial charge in [0.1, 0.15) is 11.9 Å². The Labute approximate surface area is 124 Å². The van der Waals surface area contributed by atoms with Gasteiger partial charge in [-0.3, -0.25) is 0 Å². The molecular formula is C17H20O4. The average molecular weight is 288 g/mol. The van der Waals surface area contributed by atoms with Crippen LogP contribution < -0.4 is 14.2 Å². The summed E-state index contributed by atoms with van der Waals surface area (Å²) in [6.45, 7) is 2.44. The van der Waals surface area contributed by atoms with E-state index in [0.29, 0.717) is 23.9 Å². The lowest BCUT2D eigenvalue weighted by atomic mass is 10.0. The lowest BCUT2D eigenvalue weighted by Gasteiger charge is -2.15. The molecule has 0 spiro atoms. The molecular weight excluding hydrogens is 268 g/mol. The highest BCUT2D eigenvalue weighted by Gasteiger charge is 2.14. The van der Waals surface area contributed by atoms with Crippen molar-refractivity contribution in [1.82, 2.24) is 0 Å². The quantitative estimate of drug-likeness (QED) is 0.887. The molecule has 0 aromatic heterocycles. The number of aliphatic hydroxyl groups excluding tert-OH is 1. The van der Waals surface area contributed by atoms with Gasteiger partial charge in [0.05, 0.1) is 20.8 Å². The SMILES string of the molecule is CCOc1cc([C@@H](O)c2cccc(OC)c2)ccc1OC. The van der Waals surface area contributed by atoms with Crippen molar-refractivity contribution in [3.63, 3.8) is 0 Å². The molecule has 0 aliphatic rings. The van der Waals surface area contributed by atoms with E-state index >= 15 is 0 Å². The Morgan fingerprint density at radius 2 is 1.71 bits per heavy atom. The van der Waals surface area contributed by atoms with Crippen LogP contribution in [0, 0.1) is 0 Å². The third-order valence-electron chi connectivity index (χ3n) is 3.21. The fourth-order valence-electron chi connectivity index (χ4n) is 2.14. The van der Waals surface area contributed by atoms with E-state index in [9.17, 15) is 5.11 Å². The second-order valence-electron chi connectivity index (χ2n) is 4.52. The third-order valence-corrected chi connectivity index (χ3v) is 3.21. The number of hydrogen-bond donors (Lipinski definition) is 1. The summed E-state index contributed by atoms with van der Waals surface area (Å²) in [5.41, 5.74) is 1.51. The molecule has 4 nitrogen and oxygen atoms in total. The van der Waals surface area contributed by atoms with Crippen molar-refractivity contribution in [2.75, 3.05) is 20.8 Å². The molecule has 4 heteroatoms. The van der Waals surface area contributed by atoms with Crippen LogP contribution in [0.2, 0.25) is 0 Å². The van der Waals surface area contributed by atoms with Crippen molar-refractivity contribution < 1.29 is 19.3 Å². The van der Waals surface area contributed by atoms with Crippen molar-refractivity contribution in [3.8, 4) is 17.2 Å². The number of hydrogen-bond acceptors (Lipinski definition) is 4. The maximum Gasteiger partial charge on any atom is 0.161 e. The molecule has 0 aliphatic carbocycles. The van der Waals surface area contributed by atoms with E-state index in [2.05, 4.69) is 0 Å². The standard InChI is InChI=1S/C17H20O4/c1-4-21-16-11-13(8-9-15(16)20-3)17(18)12-6-5-7-14(10-12)19-2/h5-11,17-18H,4H2,1-3H3/t17-/m0/s1. The Morgan fingerprint density at radius 3 is 2.38 bits per heavy atom. The normalized spacial score (nSPS) is 11.8. The fraction of sp³-hybridized carbons (Fsp3) is 0.294. The van der Waals surface area contributed by atoms with E-state index in [4.69, 9.17) is 14.2 Å². The van der Waals surface area contributed by atoms with Crippen LogP contribution in [0.15, 0.2) is 42.5 Å². The van der Waals surface area contributed by atoms with Gasteiger partial charge in [0.15, 0.2) is 11.5 Å². The highest BCUT2D eigenvalue weighted by Crippen LogP contribution is 2.33. The van der Waals surface area contributed by atoms with Gasteiger partial charge in [0.2, 0.25) is 0 Å². The third kappa shape index (κ3) is 3.47. The smallest absolute Gasteiger partial charge is 0.161 e. The number of methoxy groups -OCH3 is 2. The number of rotatable bonds is 6. The van der Waals surface area contributed by atoms with Gasteiger partial charge in [-0.1, -0.05) is 18.2 Å². The summed E-state index contributed by atoms with van der Waals surface area (Å²) in [5.74, 6) is 1.99. The van der Waals surface area contributed by atoms with Gasteiger partial charge in [-0.25, -0.2) is 0 Å². The van der Waals surface area contributed by atoms with E-state index < -0.39 is 6.10 Å². The molecule has 2 aromatic carbocycles. The van der Waals surface area contributed by atoms with Crippen LogP contribution in [-0.2, 0) is 0 Å². The highest BCUT2D eigenvalue weighted by molar-refractivity contribution is 5.46. The maximum atomic E-state index is 10.5. The van der Waals surface area contributed by atoms with Gasteiger partial charge in [-0.05, 0) is 42.3 Å². The monoisotopic (exact) mass is 288 g/mol. The van der Waals surface area contributed by atoms with Crippen molar-refractivity contribution in [3.05, 3.63) is 53.6 Å². The predicted molar refractivity (Wildman–Crippen MR) is 81.2 cm³/mol. The zero-order valence-corrected chi connectivity index (χ0v) is 12.5. The molecule has 2 rings (SSSR count). The molecule has 0 saturated heterocycles. The zero-order valence-electron chi connectivity index (χ0n) is 12.5. The molecule has 1 N–H and O–H groups in total. The molecule has 0 amide bonds. The van der Waals surface area contributed by atoms with Crippen LogP contribution in [0.4, 0.5) is 0 Å². The molecule has 0 bridgehead atoms. The summed E-state index contributed by atoms with van der Waals surface area (Å²) in [4.78, 5) is 0. The number of benzene rings is 2.